The molecule has 0 heterocycles. The standard InChI is InChI=1S/C18H10ClN5O6/c19-13-2-4-14(5-3-13)20-21-17-6-1-11(9-18(17)24(29)30)12-7-15(22(25)26)10-16(8-12)23(27)28/h1-10H. The molecule has 0 aromatic heterocycles. The van der Waals surface area contributed by atoms with Crippen LogP contribution in [0.4, 0.5) is 28.4 Å². The second-order valence-electron chi connectivity index (χ2n) is 5.89. The lowest BCUT2D eigenvalue weighted by atomic mass is 10.0. The van der Waals surface area contributed by atoms with Crippen LogP contribution in [0.15, 0.2) is 70.9 Å². The molecule has 0 amide bonds. The molecule has 0 atom stereocenters. The summed E-state index contributed by atoms with van der Waals surface area (Å²) in [5, 5.41) is 41.9. The molecule has 0 spiro atoms. The first-order chi connectivity index (χ1) is 14.2. The van der Waals surface area contributed by atoms with Crippen LogP contribution in [0.25, 0.3) is 11.1 Å². The molecule has 3 aromatic rings. The van der Waals surface area contributed by atoms with E-state index < -0.39 is 31.8 Å². The first kappa shape index (κ1) is 20.5. The highest BCUT2D eigenvalue weighted by atomic mass is 35.5. The number of hydrogen-bond donors (Lipinski definition) is 0. The van der Waals surface area contributed by atoms with Crippen molar-refractivity contribution in [3.05, 3.63) is 96.0 Å². The molecule has 0 saturated carbocycles. The van der Waals surface area contributed by atoms with Gasteiger partial charge in [-0.15, -0.1) is 5.11 Å². The van der Waals surface area contributed by atoms with Crippen molar-refractivity contribution in [2.75, 3.05) is 0 Å². The Hall–Kier alpha value is -4.25. The summed E-state index contributed by atoms with van der Waals surface area (Å²) in [5.74, 6) is 0. The van der Waals surface area contributed by atoms with Crippen molar-refractivity contribution < 1.29 is 14.8 Å². The zero-order valence-corrected chi connectivity index (χ0v) is 15.6. The minimum Gasteiger partial charge on any atom is -0.258 e. The molecule has 150 valence electrons. The number of hydrogen-bond acceptors (Lipinski definition) is 8. The molecule has 0 aliphatic rings. The Morgan fingerprint density at radius 3 is 1.80 bits per heavy atom. The van der Waals surface area contributed by atoms with E-state index in [1.54, 1.807) is 24.3 Å². The van der Waals surface area contributed by atoms with Crippen molar-refractivity contribution in [1.29, 1.82) is 0 Å². The van der Waals surface area contributed by atoms with Gasteiger partial charge in [0, 0.05) is 23.2 Å². The fourth-order valence-electron chi connectivity index (χ4n) is 2.53. The highest BCUT2D eigenvalue weighted by Gasteiger charge is 2.20. The summed E-state index contributed by atoms with van der Waals surface area (Å²) in [7, 11) is 0. The molecule has 0 fully saturated rings. The summed E-state index contributed by atoms with van der Waals surface area (Å²) in [6, 6.07) is 13.2. The third kappa shape index (κ3) is 4.59. The number of azo groups is 1. The second-order valence-corrected chi connectivity index (χ2v) is 6.33. The lowest BCUT2D eigenvalue weighted by Crippen LogP contribution is -1.94. The van der Waals surface area contributed by atoms with E-state index in [4.69, 9.17) is 11.6 Å². The molecule has 0 bridgehead atoms. The van der Waals surface area contributed by atoms with E-state index in [9.17, 15) is 30.3 Å². The van der Waals surface area contributed by atoms with Crippen LogP contribution in [0.3, 0.4) is 0 Å². The molecule has 0 aliphatic carbocycles. The summed E-state index contributed by atoms with van der Waals surface area (Å²) < 4.78 is 0. The van der Waals surface area contributed by atoms with Gasteiger partial charge in [-0.25, -0.2) is 0 Å². The average Bonchev–Trinajstić information content (AvgIpc) is 2.72. The molecule has 3 aromatic carbocycles. The van der Waals surface area contributed by atoms with Crippen LogP contribution >= 0.6 is 11.6 Å². The van der Waals surface area contributed by atoms with Crippen LogP contribution in [-0.4, -0.2) is 14.8 Å². The van der Waals surface area contributed by atoms with Gasteiger partial charge in [-0.2, -0.15) is 5.11 Å². The predicted molar refractivity (Wildman–Crippen MR) is 107 cm³/mol. The third-order valence-electron chi connectivity index (χ3n) is 3.93. The number of benzene rings is 3. The lowest BCUT2D eigenvalue weighted by molar-refractivity contribution is -0.394. The van der Waals surface area contributed by atoms with Crippen molar-refractivity contribution in [3.8, 4) is 11.1 Å². The number of rotatable bonds is 6. The first-order valence-corrected chi connectivity index (χ1v) is 8.52. The molecular formula is C18H10ClN5O6. The summed E-state index contributed by atoms with van der Waals surface area (Å²) in [5.41, 5.74) is -0.800. The van der Waals surface area contributed by atoms with E-state index in [-0.39, 0.29) is 16.8 Å². The van der Waals surface area contributed by atoms with E-state index in [0.717, 1.165) is 24.3 Å². The minimum atomic E-state index is -0.778. The highest BCUT2D eigenvalue weighted by Crippen LogP contribution is 2.36. The van der Waals surface area contributed by atoms with E-state index in [1.807, 2.05) is 0 Å². The van der Waals surface area contributed by atoms with Gasteiger partial charge >= 0.3 is 0 Å². The molecule has 0 N–H and O–H groups in total. The van der Waals surface area contributed by atoms with Gasteiger partial charge in [0.2, 0.25) is 0 Å². The highest BCUT2D eigenvalue weighted by molar-refractivity contribution is 6.30. The maximum absolute atomic E-state index is 11.5. The van der Waals surface area contributed by atoms with Crippen LogP contribution in [0, 0.1) is 30.3 Å². The van der Waals surface area contributed by atoms with Gasteiger partial charge < -0.3 is 0 Å². The van der Waals surface area contributed by atoms with Crippen molar-refractivity contribution in [1.82, 2.24) is 0 Å². The Kier molecular flexibility index (Phi) is 5.74. The third-order valence-corrected chi connectivity index (χ3v) is 4.18. The Morgan fingerprint density at radius 1 is 0.667 bits per heavy atom. The Bertz CT molecular complexity index is 1160. The van der Waals surface area contributed by atoms with Gasteiger partial charge in [-0.05, 0) is 41.5 Å². The Balaban J connectivity index is 2.05. The summed E-state index contributed by atoms with van der Waals surface area (Å²) in [6.07, 6.45) is 0. The Morgan fingerprint density at radius 2 is 1.27 bits per heavy atom. The largest absolute Gasteiger partial charge is 0.297 e. The first-order valence-electron chi connectivity index (χ1n) is 8.14. The van der Waals surface area contributed by atoms with Crippen molar-refractivity contribution >= 4 is 40.0 Å². The summed E-state index contributed by atoms with van der Waals surface area (Å²) in [6.45, 7) is 0. The molecule has 0 saturated heterocycles. The molecular weight excluding hydrogens is 418 g/mol. The zero-order chi connectivity index (χ0) is 21.8. The quantitative estimate of drug-likeness (QED) is 0.261. The fourth-order valence-corrected chi connectivity index (χ4v) is 2.65. The SMILES string of the molecule is O=[N+]([O-])c1cc(-c2ccc(N=Nc3ccc(Cl)cc3)c([N+](=O)[O-])c2)cc([N+](=O)[O-])c1. The number of nitrogens with zero attached hydrogens (tertiary/aromatic N) is 5. The van der Waals surface area contributed by atoms with Gasteiger partial charge in [0.25, 0.3) is 17.1 Å². The van der Waals surface area contributed by atoms with E-state index in [2.05, 4.69) is 10.2 Å². The Labute approximate surface area is 172 Å². The van der Waals surface area contributed by atoms with E-state index >= 15 is 0 Å². The maximum atomic E-state index is 11.5. The second kappa shape index (κ2) is 8.41. The predicted octanol–water partition coefficient (Wildman–Crippen LogP) is 6.15. The molecule has 11 nitrogen and oxygen atoms in total. The molecule has 0 aliphatic heterocycles. The molecule has 30 heavy (non-hydrogen) atoms. The van der Waals surface area contributed by atoms with Crippen LogP contribution in [0.5, 0.6) is 0 Å². The minimum absolute atomic E-state index is 0.0568. The maximum Gasteiger partial charge on any atom is 0.297 e. The normalized spacial score (nSPS) is 10.8. The molecule has 0 unspecified atom stereocenters. The van der Waals surface area contributed by atoms with Crippen LogP contribution in [0.1, 0.15) is 0 Å². The molecule has 0 radical (unpaired) electrons. The van der Waals surface area contributed by atoms with Crippen molar-refractivity contribution in [2.24, 2.45) is 10.2 Å². The monoisotopic (exact) mass is 427 g/mol. The van der Waals surface area contributed by atoms with Crippen molar-refractivity contribution in [3.63, 3.8) is 0 Å². The van der Waals surface area contributed by atoms with E-state index in [0.29, 0.717) is 10.7 Å². The van der Waals surface area contributed by atoms with Gasteiger partial charge in [-0.1, -0.05) is 17.7 Å². The smallest absolute Gasteiger partial charge is 0.258 e. The van der Waals surface area contributed by atoms with E-state index in [1.165, 1.54) is 12.1 Å². The summed E-state index contributed by atoms with van der Waals surface area (Å²) >= 11 is 5.79. The number of nitro groups is 3. The average molecular weight is 428 g/mol. The van der Waals surface area contributed by atoms with Crippen LogP contribution in [-0.2, 0) is 0 Å². The number of non-ortho nitro benzene ring substituents is 2. The number of nitro benzene ring substituents is 3. The molecule has 12 heteroatoms. The van der Waals surface area contributed by atoms with Gasteiger partial charge in [0.15, 0.2) is 5.69 Å². The zero-order valence-electron chi connectivity index (χ0n) is 14.8. The van der Waals surface area contributed by atoms with Gasteiger partial charge in [0.05, 0.1) is 26.5 Å². The van der Waals surface area contributed by atoms with Gasteiger partial charge in [-0.3, -0.25) is 30.3 Å². The van der Waals surface area contributed by atoms with Gasteiger partial charge in [0.1, 0.15) is 0 Å². The fraction of sp³-hybridized carbons (Fsp3) is 0. The topological polar surface area (TPSA) is 154 Å². The lowest BCUT2D eigenvalue weighted by Gasteiger charge is -2.04. The van der Waals surface area contributed by atoms with Crippen LogP contribution < -0.4 is 0 Å². The summed E-state index contributed by atoms with van der Waals surface area (Å²) in [4.78, 5) is 31.4. The van der Waals surface area contributed by atoms with Crippen LogP contribution in [0.2, 0.25) is 5.02 Å². The number of halogens is 1. The molecule has 3 rings (SSSR count). The van der Waals surface area contributed by atoms with Crippen molar-refractivity contribution in [2.45, 2.75) is 0 Å².